The average molecular weight is 283 g/mol. The first-order valence-electron chi connectivity index (χ1n) is 6.75. The van der Waals surface area contributed by atoms with Crippen molar-refractivity contribution in [1.82, 2.24) is 10.6 Å². The molecule has 1 aliphatic rings. The largest absolute Gasteiger partial charge is 0.349 e. The molecule has 19 heavy (non-hydrogen) atoms. The summed E-state index contributed by atoms with van der Waals surface area (Å²) in [6.07, 6.45) is 2.40. The van der Waals surface area contributed by atoms with Crippen LogP contribution in [0.1, 0.15) is 35.7 Å². The molecule has 1 aromatic rings. The van der Waals surface area contributed by atoms with Gasteiger partial charge in [0.15, 0.2) is 0 Å². The van der Waals surface area contributed by atoms with Crippen LogP contribution in [-0.4, -0.2) is 25.0 Å². The summed E-state index contributed by atoms with van der Waals surface area (Å²) < 4.78 is 0. The summed E-state index contributed by atoms with van der Waals surface area (Å²) >= 11 is 0. The molecule has 4 heteroatoms. The van der Waals surface area contributed by atoms with Crippen molar-refractivity contribution in [2.75, 3.05) is 13.1 Å². The van der Waals surface area contributed by atoms with E-state index in [4.69, 9.17) is 0 Å². The molecule has 0 spiro atoms. The van der Waals surface area contributed by atoms with E-state index in [1.807, 2.05) is 31.2 Å². The topological polar surface area (TPSA) is 41.1 Å². The number of rotatable bonds is 3. The Balaban J connectivity index is 0.00000180. The molecule has 1 aromatic carbocycles. The Labute approximate surface area is 121 Å². The van der Waals surface area contributed by atoms with Gasteiger partial charge in [0.25, 0.3) is 5.91 Å². The molecule has 0 aliphatic carbocycles. The third-order valence-electron chi connectivity index (χ3n) is 3.68. The van der Waals surface area contributed by atoms with Gasteiger partial charge in [-0.2, -0.15) is 0 Å². The number of hydrogen-bond donors (Lipinski definition) is 2. The average Bonchev–Trinajstić information content (AvgIpc) is 2.39. The molecule has 0 bridgehead atoms. The van der Waals surface area contributed by atoms with E-state index in [1.54, 1.807) is 0 Å². The summed E-state index contributed by atoms with van der Waals surface area (Å²) in [5.74, 6) is 0.587. The number of carbonyl (C=O) groups is 1. The highest BCUT2D eigenvalue weighted by molar-refractivity contribution is 5.94. The maximum absolute atomic E-state index is 12.1. The molecule has 1 saturated heterocycles. The SMILES string of the molecule is Cc1cccc(C(=O)NC(C)C2CCCNC2)c1.Cl. The van der Waals surface area contributed by atoms with Gasteiger partial charge in [-0.15, -0.1) is 12.4 Å². The lowest BCUT2D eigenvalue weighted by atomic mass is 9.92. The lowest BCUT2D eigenvalue weighted by molar-refractivity contribution is 0.0922. The molecule has 0 radical (unpaired) electrons. The number of aryl methyl sites for hydroxylation is 1. The molecule has 0 aromatic heterocycles. The van der Waals surface area contributed by atoms with Crippen molar-refractivity contribution in [2.45, 2.75) is 32.7 Å². The van der Waals surface area contributed by atoms with Crippen LogP contribution < -0.4 is 10.6 Å². The van der Waals surface area contributed by atoms with E-state index in [9.17, 15) is 4.79 Å². The minimum Gasteiger partial charge on any atom is -0.349 e. The van der Waals surface area contributed by atoms with Crippen LogP contribution in [0.5, 0.6) is 0 Å². The zero-order chi connectivity index (χ0) is 13.0. The Bertz CT molecular complexity index is 416. The quantitative estimate of drug-likeness (QED) is 0.894. The number of amides is 1. The zero-order valence-corrected chi connectivity index (χ0v) is 12.4. The van der Waals surface area contributed by atoms with Gasteiger partial charge in [-0.3, -0.25) is 4.79 Å². The third kappa shape index (κ3) is 4.51. The zero-order valence-electron chi connectivity index (χ0n) is 11.6. The van der Waals surface area contributed by atoms with Crippen molar-refractivity contribution >= 4 is 18.3 Å². The highest BCUT2D eigenvalue weighted by Gasteiger charge is 2.21. The first-order valence-corrected chi connectivity index (χ1v) is 6.75. The number of halogens is 1. The van der Waals surface area contributed by atoms with Crippen LogP contribution in [0.2, 0.25) is 0 Å². The Morgan fingerprint density at radius 3 is 2.89 bits per heavy atom. The Morgan fingerprint density at radius 1 is 1.47 bits per heavy atom. The highest BCUT2D eigenvalue weighted by atomic mass is 35.5. The molecule has 1 aliphatic heterocycles. The van der Waals surface area contributed by atoms with Gasteiger partial charge in [-0.05, 0) is 57.8 Å². The van der Waals surface area contributed by atoms with E-state index in [1.165, 1.54) is 12.8 Å². The predicted molar refractivity (Wildman–Crippen MR) is 80.9 cm³/mol. The monoisotopic (exact) mass is 282 g/mol. The van der Waals surface area contributed by atoms with Crippen molar-refractivity contribution in [3.8, 4) is 0 Å². The number of hydrogen-bond acceptors (Lipinski definition) is 2. The molecule has 1 heterocycles. The summed E-state index contributed by atoms with van der Waals surface area (Å²) in [5.41, 5.74) is 1.88. The summed E-state index contributed by atoms with van der Waals surface area (Å²) in [6.45, 7) is 6.22. The van der Waals surface area contributed by atoms with E-state index < -0.39 is 0 Å². The van der Waals surface area contributed by atoms with Gasteiger partial charge in [-0.25, -0.2) is 0 Å². The molecular weight excluding hydrogens is 260 g/mol. The number of benzene rings is 1. The first-order chi connectivity index (χ1) is 8.66. The first kappa shape index (κ1) is 16.0. The molecular formula is C15H23ClN2O. The summed E-state index contributed by atoms with van der Waals surface area (Å²) in [6, 6.07) is 7.96. The fourth-order valence-electron chi connectivity index (χ4n) is 2.50. The van der Waals surface area contributed by atoms with Gasteiger partial charge in [0, 0.05) is 11.6 Å². The van der Waals surface area contributed by atoms with Crippen LogP contribution in [0.15, 0.2) is 24.3 Å². The minimum absolute atomic E-state index is 0. The van der Waals surface area contributed by atoms with Crippen molar-refractivity contribution in [3.05, 3.63) is 35.4 Å². The van der Waals surface area contributed by atoms with E-state index in [0.29, 0.717) is 5.92 Å². The summed E-state index contributed by atoms with van der Waals surface area (Å²) in [5, 5.41) is 6.50. The van der Waals surface area contributed by atoms with Crippen molar-refractivity contribution < 1.29 is 4.79 Å². The van der Waals surface area contributed by atoms with Crippen molar-refractivity contribution in [1.29, 1.82) is 0 Å². The third-order valence-corrected chi connectivity index (χ3v) is 3.68. The molecule has 0 saturated carbocycles. The van der Waals surface area contributed by atoms with Crippen LogP contribution in [0.3, 0.4) is 0 Å². The Hall–Kier alpha value is -1.06. The summed E-state index contributed by atoms with van der Waals surface area (Å²) in [4.78, 5) is 12.1. The second-order valence-electron chi connectivity index (χ2n) is 5.24. The molecule has 2 unspecified atom stereocenters. The molecule has 3 nitrogen and oxygen atoms in total. The molecule has 1 fully saturated rings. The molecule has 2 N–H and O–H groups in total. The van der Waals surface area contributed by atoms with Crippen LogP contribution in [0, 0.1) is 12.8 Å². The Kier molecular flexibility index (Phi) is 6.32. The van der Waals surface area contributed by atoms with Crippen LogP contribution in [0.4, 0.5) is 0 Å². The standard InChI is InChI=1S/C15H22N2O.ClH/c1-11-5-3-6-13(9-11)15(18)17-12(2)14-7-4-8-16-10-14;/h3,5-6,9,12,14,16H,4,7-8,10H2,1-2H3,(H,17,18);1H. The van der Waals surface area contributed by atoms with Crippen LogP contribution in [-0.2, 0) is 0 Å². The van der Waals surface area contributed by atoms with Gasteiger partial charge in [0.2, 0.25) is 0 Å². The fourth-order valence-corrected chi connectivity index (χ4v) is 2.50. The normalized spacial score (nSPS) is 20.2. The smallest absolute Gasteiger partial charge is 0.251 e. The highest BCUT2D eigenvalue weighted by Crippen LogP contribution is 2.14. The maximum Gasteiger partial charge on any atom is 0.251 e. The van der Waals surface area contributed by atoms with Gasteiger partial charge < -0.3 is 10.6 Å². The van der Waals surface area contributed by atoms with Gasteiger partial charge in [0.1, 0.15) is 0 Å². The van der Waals surface area contributed by atoms with Gasteiger partial charge in [0.05, 0.1) is 0 Å². The number of piperidine rings is 1. The number of carbonyl (C=O) groups excluding carboxylic acids is 1. The predicted octanol–water partition coefficient (Wildman–Crippen LogP) is 2.53. The molecule has 2 atom stereocenters. The Morgan fingerprint density at radius 2 is 2.26 bits per heavy atom. The van der Waals surface area contributed by atoms with Crippen LogP contribution in [0.25, 0.3) is 0 Å². The van der Waals surface area contributed by atoms with Crippen LogP contribution >= 0.6 is 12.4 Å². The maximum atomic E-state index is 12.1. The fraction of sp³-hybridized carbons (Fsp3) is 0.533. The summed E-state index contributed by atoms with van der Waals surface area (Å²) in [7, 11) is 0. The molecule has 2 rings (SSSR count). The second-order valence-corrected chi connectivity index (χ2v) is 5.24. The van der Waals surface area contributed by atoms with Gasteiger partial charge in [-0.1, -0.05) is 17.7 Å². The van der Waals surface area contributed by atoms with E-state index in [0.717, 1.165) is 24.2 Å². The van der Waals surface area contributed by atoms with Gasteiger partial charge >= 0.3 is 0 Å². The van der Waals surface area contributed by atoms with E-state index >= 15 is 0 Å². The lowest BCUT2D eigenvalue weighted by Crippen LogP contribution is -2.44. The lowest BCUT2D eigenvalue weighted by Gasteiger charge is -2.29. The molecule has 1 amide bonds. The molecule has 106 valence electrons. The second kappa shape index (κ2) is 7.51. The van der Waals surface area contributed by atoms with Crippen molar-refractivity contribution in [2.24, 2.45) is 5.92 Å². The van der Waals surface area contributed by atoms with E-state index in [-0.39, 0.29) is 24.4 Å². The minimum atomic E-state index is 0. The van der Waals surface area contributed by atoms with Crippen molar-refractivity contribution in [3.63, 3.8) is 0 Å². The van der Waals surface area contributed by atoms with E-state index in [2.05, 4.69) is 17.6 Å². The number of nitrogens with one attached hydrogen (secondary N) is 2.